The number of nitrogen functional groups attached to an aromatic ring is 1. The van der Waals surface area contributed by atoms with Gasteiger partial charge in [0.1, 0.15) is 5.02 Å². The Balaban J connectivity index is 2.44. The molecule has 6 nitrogen and oxygen atoms in total. The molecule has 8 heteroatoms. The molecule has 1 heterocycles. The Morgan fingerprint density at radius 1 is 1.35 bits per heavy atom. The molecule has 1 aromatic carbocycles. The molecule has 0 aliphatic carbocycles. The predicted octanol–water partition coefficient (Wildman–Crippen LogP) is 2.47. The molecule has 0 saturated heterocycles. The molecule has 1 aromatic heterocycles. The Bertz CT molecular complexity index is 662. The first-order valence-electron chi connectivity index (χ1n) is 5.58. The van der Waals surface area contributed by atoms with Crippen LogP contribution in [0, 0.1) is 0 Å². The quantitative estimate of drug-likeness (QED) is 0.598. The third-order valence-corrected chi connectivity index (χ3v) is 2.94. The van der Waals surface area contributed by atoms with Gasteiger partial charge in [-0.3, -0.25) is 4.79 Å². The second kappa shape index (κ2) is 5.94. The first-order valence-corrected chi connectivity index (χ1v) is 6.33. The molecule has 0 aliphatic rings. The molecule has 1 amide bonds. The summed E-state index contributed by atoms with van der Waals surface area (Å²) in [5.74, 6) is 0.0335. The number of benzene rings is 1. The van der Waals surface area contributed by atoms with Crippen LogP contribution in [-0.4, -0.2) is 22.9 Å². The van der Waals surface area contributed by atoms with Crippen LogP contribution in [0.3, 0.4) is 0 Å². The van der Waals surface area contributed by atoms with Crippen LogP contribution in [0.5, 0.6) is 0 Å². The summed E-state index contributed by atoms with van der Waals surface area (Å²) in [7, 11) is 1.54. The highest BCUT2D eigenvalue weighted by Crippen LogP contribution is 2.27. The Morgan fingerprint density at radius 2 is 2.10 bits per heavy atom. The number of aromatic nitrogens is 2. The summed E-state index contributed by atoms with van der Waals surface area (Å²) < 4.78 is 0. The molecule has 2 rings (SSSR count). The van der Waals surface area contributed by atoms with E-state index < -0.39 is 0 Å². The Kier molecular flexibility index (Phi) is 4.26. The van der Waals surface area contributed by atoms with Gasteiger partial charge in [0.2, 0.25) is 5.28 Å². The average molecular weight is 312 g/mol. The Hall–Kier alpha value is -2.05. The highest BCUT2D eigenvalue weighted by Gasteiger charge is 2.13. The van der Waals surface area contributed by atoms with Crippen molar-refractivity contribution in [2.75, 3.05) is 18.1 Å². The second-order valence-corrected chi connectivity index (χ2v) is 4.59. The topological polar surface area (TPSA) is 92.9 Å². The standard InChI is InChI=1S/C12H11Cl2N5O/c1-16-11(20)7-3-2-6(15)4-9(7)18-10-8(13)5-17-12(14)19-10/h2-5H,15H2,1H3,(H,16,20)(H,17,18,19). The fraction of sp³-hybridized carbons (Fsp3) is 0.0833. The number of halogens is 2. The average Bonchev–Trinajstić information content (AvgIpc) is 2.42. The molecule has 20 heavy (non-hydrogen) atoms. The lowest BCUT2D eigenvalue weighted by Crippen LogP contribution is -2.19. The number of nitrogens with one attached hydrogen (secondary N) is 2. The van der Waals surface area contributed by atoms with Gasteiger partial charge in [0.05, 0.1) is 17.4 Å². The lowest BCUT2D eigenvalue weighted by molar-refractivity contribution is 0.0964. The van der Waals surface area contributed by atoms with Crippen molar-refractivity contribution in [3.63, 3.8) is 0 Å². The van der Waals surface area contributed by atoms with Crippen LogP contribution in [0.4, 0.5) is 17.2 Å². The highest BCUT2D eigenvalue weighted by molar-refractivity contribution is 6.33. The molecule has 0 unspecified atom stereocenters. The molecule has 0 bridgehead atoms. The van der Waals surface area contributed by atoms with Gasteiger partial charge in [-0.05, 0) is 29.8 Å². The first kappa shape index (κ1) is 14.4. The third-order valence-electron chi connectivity index (χ3n) is 2.48. The summed E-state index contributed by atoms with van der Waals surface area (Å²) in [5.41, 5.74) is 7.11. The van der Waals surface area contributed by atoms with Crippen LogP contribution in [0.1, 0.15) is 10.4 Å². The van der Waals surface area contributed by atoms with E-state index in [0.717, 1.165) is 0 Å². The second-order valence-electron chi connectivity index (χ2n) is 3.84. The van der Waals surface area contributed by atoms with Crippen molar-refractivity contribution >= 4 is 46.3 Å². The summed E-state index contributed by atoms with van der Waals surface area (Å²) in [5, 5.41) is 5.79. The van der Waals surface area contributed by atoms with Crippen molar-refractivity contribution in [3.05, 3.63) is 40.3 Å². The van der Waals surface area contributed by atoms with E-state index in [0.29, 0.717) is 22.8 Å². The van der Waals surface area contributed by atoms with Gasteiger partial charge in [-0.15, -0.1) is 0 Å². The number of hydrogen-bond acceptors (Lipinski definition) is 5. The molecular weight excluding hydrogens is 301 g/mol. The molecule has 0 atom stereocenters. The number of amides is 1. The maximum Gasteiger partial charge on any atom is 0.253 e. The molecule has 4 N–H and O–H groups in total. The van der Waals surface area contributed by atoms with Crippen LogP contribution in [0.15, 0.2) is 24.4 Å². The lowest BCUT2D eigenvalue weighted by Gasteiger charge is -2.12. The molecule has 0 spiro atoms. The number of carbonyl (C=O) groups is 1. The van der Waals surface area contributed by atoms with Crippen molar-refractivity contribution in [1.29, 1.82) is 0 Å². The monoisotopic (exact) mass is 311 g/mol. The van der Waals surface area contributed by atoms with Crippen molar-refractivity contribution in [2.24, 2.45) is 0 Å². The largest absolute Gasteiger partial charge is 0.399 e. The Labute approximate surface area is 125 Å². The van der Waals surface area contributed by atoms with Gasteiger partial charge in [0, 0.05) is 12.7 Å². The summed E-state index contributed by atoms with van der Waals surface area (Å²) in [6.07, 6.45) is 1.37. The fourth-order valence-electron chi connectivity index (χ4n) is 1.56. The Morgan fingerprint density at radius 3 is 2.80 bits per heavy atom. The molecule has 2 aromatic rings. The molecule has 0 radical (unpaired) electrons. The summed E-state index contributed by atoms with van der Waals surface area (Å²) in [4.78, 5) is 19.5. The number of nitrogens with two attached hydrogens (primary N) is 1. The molecular formula is C12H11Cl2N5O. The zero-order chi connectivity index (χ0) is 14.7. The summed E-state index contributed by atoms with van der Waals surface area (Å²) >= 11 is 11.7. The van der Waals surface area contributed by atoms with Crippen LogP contribution >= 0.6 is 23.2 Å². The van der Waals surface area contributed by atoms with Crippen molar-refractivity contribution < 1.29 is 4.79 Å². The SMILES string of the molecule is CNC(=O)c1ccc(N)cc1Nc1nc(Cl)ncc1Cl. The van der Waals surface area contributed by atoms with E-state index in [9.17, 15) is 4.79 Å². The van der Waals surface area contributed by atoms with Crippen LogP contribution in [0.25, 0.3) is 0 Å². The van der Waals surface area contributed by atoms with Crippen LogP contribution < -0.4 is 16.4 Å². The van der Waals surface area contributed by atoms with Crippen molar-refractivity contribution in [2.45, 2.75) is 0 Å². The minimum Gasteiger partial charge on any atom is -0.399 e. The summed E-state index contributed by atoms with van der Waals surface area (Å²) in [6.45, 7) is 0. The van der Waals surface area contributed by atoms with Crippen molar-refractivity contribution in [1.82, 2.24) is 15.3 Å². The van der Waals surface area contributed by atoms with Gasteiger partial charge >= 0.3 is 0 Å². The lowest BCUT2D eigenvalue weighted by atomic mass is 10.1. The van der Waals surface area contributed by atoms with E-state index in [1.54, 1.807) is 18.2 Å². The normalized spacial score (nSPS) is 10.2. The highest BCUT2D eigenvalue weighted by atomic mass is 35.5. The van der Waals surface area contributed by atoms with E-state index in [1.165, 1.54) is 13.2 Å². The van der Waals surface area contributed by atoms with Crippen LogP contribution in [-0.2, 0) is 0 Å². The molecule has 0 aliphatic heterocycles. The zero-order valence-corrected chi connectivity index (χ0v) is 12.0. The molecule has 0 saturated carbocycles. The third kappa shape index (κ3) is 3.09. The van der Waals surface area contributed by atoms with E-state index in [4.69, 9.17) is 28.9 Å². The van der Waals surface area contributed by atoms with E-state index >= 15 is 0 Å². The summed E-state index contributed by atoms with van der Waals surface area (Å²) in [6, 6.07) is 4.84. The van der Waals surface area contributed by atoms with E-state index in [1.807, 2.05) is 0 Å². The molecule has 0 fully saturated rings. The predicted molar refractivity (Wildman–Crippen MR) is 79.6 cm³/mol. The van der Waals surface area contributed by atoms with Crippen LogP contribution in [0.2, 0.25) is 10.3 Å². The van der Waals surface area contributed by atoms with Gasteiger partial charge in [-0.25, -0.2) is 4.98 Å². The smallest absolute Gasteiger partial charge is 0.253 e. The van der Waals surface area contributed by atoms with Gasteiger partial charge in [0.25, 0.3) is 5.91 Å². The first-order chi connectivity index (χ1) is 9.51. The maximum atomic E-state index is 11.8. The zero-order valence-electron chi connectivity index (χ0n) is 10.4. The van der Waals surface area contributed by atoms with E-state index in [2.05, 4.69) is 20.6 Å². The number of anilines is 3. The minimum absolute atomic E-state index is 0.0438. The fourth-order valence-corrected chi connectivity index (χ4v) is 1.83. The maximum absolute atomic E-state index is 11.8. The van der Waals surface area contributed by atoms with Gasteiger partial charge in [-0.1, -0.05) is 11.6 Å². The number of carbonyl (C=O) groups excluding carboxylic acids is 1. The van der Waals surface area contributed by atoms with Gasteiger partial charge in [-0.2, -0.15) is 4.98 Å². The van der Waals surface area contributed by atoms with Gasteiger partial charge < -0.3 is 16.4 Å². The van der Waals surface area contributed by atoms with Crippen molar-refractivity contribution in [3.8, 4) is 0 Å². The number of hydrogen-bond donors (Lipinski definition) is 3. The molecule has 104 valence electrons. The number of rotatable bonds is 3. The minimum atomic E-state index is -0.260. The number of nitrogens with zero attached hydrogens (tertiary/aromatic N) is 2. The van der Waals surface area contributed by atoms with Gasteiger partial charge in [0.15, 0.2) is 5.82 Å². The van der Waals surface area contributed by atoms with E-state index in [-0.39, 0.29) is 16.2 Å².